The zero-order chi connectivity index (χ0) is 34.6. The van der Waals surface area contributed by atoms with Gasteiger partial charge in [-0.2, -0.15) is 4.98 Å². The Morgan fingerprint density at radius 2 is 0.878 bits per heavy atom. The van der Waals surface area contributed by atoms with E-state index in [2.05, 4.69) is 112 Å². The van der Waals surface area contributed by atoms with Gasteiger partial charge in [0.15, 0.2) is 5.82 Å². The van der Waals surface area contributed by atoms with Gasteiger partial charge in [-0.25, -0.2) is 0 Å². The quantitative estimate of drug-likeness (QED) is 0.174. The van der Waals surface area contributed by atoms with Crippen molar-refractivity contribution in [3.05, 3.63) is 50.5 Å². The van der Waals surface area contributed by atoms with Gasteiger partial charge in [0.05, 0.1) is 5.69 Å². The van der Waals surface area contributed by atoms with Crippen LogP contribution in [-0.4, -0.2) is 35.7 Å². The highest BCUT2D eigenvalue weighted by atomic mass is 32.1. The van der Waals surface area contributed by atoms with Crippen LogP contribution in [0.15, 0.2) is 13.5 Å². The van der Waals surface area contributed by atoms with Crippen molar-refractivity contribution >= 4 is 11.3 Å². The predicted molar refractivity (Wildman–Crippen MR) is 209 cm³/mol. The first-order chi connectivity index (χ1) is 20.9. The van der Waals surface area contributed by atoms with Gasteiger partial charge in [0, 0.05) is 47.0 Å². The van der Waals surface area contributed by atoms with Gasteiger partial charge in [0.25, 0.3) is 0 Å². The summed E-state index contributed by atoms with van der Waals surface area (Å²) in [6, 6.07) is 0. The van der Waals surface area contributed by atoms with E-state index in [1.54, 1.807) is 11.3 Å². The second-order valence-electron chi connectivity index (χ2n) is 13.7. The largest absolute Gasteiger partial charge is 0.425 e. The second kappa shape index (κ2) is 25.1. The van der Waals surface area contributed by atoms with E-state index in [4.69, 9.17) is 13.5 Å². The fourth-order valence-electron chi connectivity index (χ4n) is 3.58. The van der Waals surface area contributed by atoms with Gasteiger partial charge < -0.3 is 13.5 Å². The Hall–Kier alpha value is -2.95. The van der Waals surface area contributed by atoms with Crippen LogP contribution in [0, 0.1) is 6.92 Å². The van der Waals surface area contributed by atoms with Gasteiger partial charge in [0.2, 0.25) is 17.7 Å². The molecule has 49 heavy (non-hydrogen) atoms. The van der Waals surface area contributed by atoms with E-state index >= 15 is 0 Å². The van der Waals surface area contributed by atoms with E-state index in [9.17, 15) is 0 Å². The number of rotatable bonds is 8. The Kier molecular flexibility index (Phi) is 27.0. The van der Waals surface area contributed by atoms with E-state index in [0.717, 1.165) is 45.0 Å². The summed E-state index contributed by atoms with van der Waals surface area (Å²) in [7, 11) is 0. The summed E-state index contributed by atoms with van der Waals surface area (Å²) in [6.07, 6.45) is 0. The first kappa shape index (κ1) is 52.9. The van der Waals surface area contributed by atoms with Crippen molar-refractivity contribution in [1.82, 2.24) is 35.7 Å². The van der Waals surface area contributed by atoms with Crippen molar-refractivity contribution in [2.24, 2.45) is 0 Å². The molecule has 0 unspecified atom stereocenters. The van der Waals surface area contributed by atoms with Crippen molar-refractivity contribution in [3.63, 3.8) is 0 Å². The minimum absolute atomic E-state index is 0. The van der Waals surface area contributed by atoms with E-state index in [1.165, 1.54) is 5.56 Å². The average Bonchev–Trinajstić information content (AvgIpc) is 3.75. The molecule has 286 valence electrons. The van der Waals surface area contributed by atoms with Crippen LogP contribution in [0.5, 0.6) is 0 Å². The fourth-order valence-corrected chi connectivity index (χ4v) is 4.43. The predicted octanol–water partition coefficient (Wildman–Crippen LogP) is 13.2. The molecule has 11 heteroatoms. The first-order valence-electron chi connectivity index (χ1n) is 16.3. The van der Waals surface area contributed by atoms with E-state index in [1.807, 2.05) is 41.5 Å². The smallest absolute Gasteiger partial charge is 0.229 e. The molecule has 0 spiro atoms. The minimum Gasteiger partial charge on any atom is -0.425 e. The molecular weight excluding hydrogens is 635 g/mol. The number of nitrogens with zero attached hydrogens (tertiary/aromatic N) is 7. The molecule has 4 aromatic heterocycles. The molecule has 0 amide bonds. The fraction of sp³-hybridized carbons (Fsp3) is 0.763. The van der Waals surface area contributed by atoms with Crippen LogP contribution < -0.4 is 0 Å². The summed E-state index contributed by atoms with van der Waals surface area (Å²) in [5, 5.41) is 26.3. The molecule has 0 saturated heterocycles. The molecule has 0 bridgehead atoms. The van der Waals surface area contributed by atoms with Crippen molar-refractivity contribution in [2.75, 3.05) is 0 Å². The third kappa shape index (κ3) is 17.5. The van der Waals surface area contributed by atoms with E-state index < -0.39 is 0 Å². The molecular formula is C38H75N7O3S. The van der Waals surface area contributed by atoms with Crippen LogP contribution in [0.3, 0.4) is 0 Å². The van der Waals surface area contributed by atoms with Crippen molar-refractivity contribution in [2.45, 2.75) is 195 Å². The molecule has 0 saturated carbocycles. The van der Waals surface area contributed by atoms with Crippen LogP contribution in [0.2, 0.25) is 0 Å². The molecule has 4 aromatic rings. The van der Waals surface area contributed by atoms with Crippen molar-refractivity contribution in [1.29, 1.82) is 0 Å². The number of hydrogen-bond donors (Lipinski definition) is 0. The van der Waals surface area contributed by atoms with Crippen LogP contribution in [-0.2, 0) is 0 Å². The standard InChI is InChI=1S/C10H17NO.2C8H14N2O.C8H14N2S.4CH4/c1-6(2)9-8(5)10(7(3)4)12-11-9;1-5(2)7-9-10-8(11-7)6(3)4;1-5(2)7-9-8(6(3)4)11-10-7;1-5(2)7-9-10-8(11-7)6(3)4;;;;/h6-7H,1-5H3;3*5-6H,1-4H3;4*1H4. The van der Waals surface area contributed by atoms with Gasteiger partial charge in [-0.15, -0.1) is 31.7 Å². The summed E-state index contributed by atoms with van der Waals surface area (Å²) in [6.45, 7) is 35.5. The lowest BCUT2D eigenvalue weighted by atomic mass is 10.0. The molecule has 0 aliphatic carbocycles. The summed E-state index contributed by atoms with van der Waals surface area (Å²) >= 11 is 1.73. The Morgan fingerprint density at radius 3 is 1.08 bits per heavy atom. The van der Waals surface area contributed by atoms with Gasteiger partial charge >= 0.3 is 0 Å². The topological polar surface area (TPSA) is 130 Å². The molecule has 0 aliphatic heterocycles. The Bertz CT molecular complexity index is 1150. The molecule has 10 nitrogen and oxygen atoms in total. The Balaban J connectivity index is -0.000000268. The van der Waals surface area contributed by atoms with Crippen molar-refractivity contribution < 1.29 is 13.5 Å². The normalized spacial score (nSPS) is 10.6. The maximum Gasteiger partial charge on any atom is 0.229 e. The third-order valence-electron chi connectivity index (χ3n) is 6.42. The van der Waals surface area contributed by atoms with Crippen molar-refractivity contribution in [3.8, 4) is 0 Å². The Labute approximate surface area is 305 Å². The van der Waals surface area contributed by atoms with Crippen LogP contribution in [0.25, 0.3) is 0 Å². The summed E-state index contributed by atoms with van der Waals surface area (Å²) in [5.74, 6) is 7.28. The SMILES string of the molecule is C.C.C.C.CC(C)c1nnc(C(C)C)o1.CC(C)c1nnc(C(C)C)s1.CC(C)c1noc(C(C)C)n1.Cc1c(C(C)C)noc1C(C)C. The lowest BCUT2D eigenvalue weighted by molar-refractivity contribution is 0.359. The monoisotopic (exact) mass is 710 g/mol. The van der Waals surface area contributed by atoms with Gasteiger partial charge in [0.1, 0.15) is 15.8 Å². The molecule has 0 fully saturated rings. The second-order valence-corrected chi connectivity index (χ2v) is 14.8. The zero-order valence-electron chi connectivity index (χ0n) is 30.9. The summed E-state index contributed by atoms with van der Waals surface area (Å²) < 4.78 is 15.7. The van der Waals surface area contributed by atoms with E-state index in [-0.39, 0.29) is 29.7 Å². The maximum absolute atomic E-state index is 5.38. The highest BCUT2D eigenvalue weighted by molar-refractivity contribution is 7.11. The molecule has 4 heterocycles. The lowest BCUT2D eigenvalue weighted by Gasteiger charge is -2.01. The minimum atomic E-state index is 0. The van der Waals surface area contributed by atoms with Crippen LogP contribution in [0.4, 0.5) is 0 Å². The highest BCUT2D eigenvalue weighted by Gasteiger charge is 2.16. The van der Waals surface area contributed by atoms with Gasteiger partial charge in [-0.3, -0.25) is 0 Å². The van der Waals surface area contributed by atoms with Crippen LogP contribution >= 0.6 is 11.3 Å². The average molecular weight is 710 g/mol. The summed E-state index contributed by atoms with van der Waals surface area (Å²) in [4.78, 5) is 4.23. The van der Waals surface area contributed by atoms with Gasteiger partial charge in [-0.1, -0.05) is 151 Å². The van der Waals surface area contributed by atoms with Gasteiger partial charge in [-0.05, 0) is 12.8 Å². The molecule has 0 aliphatic rings. The zero-order valence-corrected chi connectivity index (χ0v) is 31.7. The molecule has 0 N–H and O–H groups in total. The summed E-state index contributed by atoms with van der Waals surface area (Å²) in [5.41, 5.74) is 2.32. The lowest BCUT2D eigenvalue weighted by Crippen LogP contribution is -1.92. The van der Waals surface area contributed by atoms with Crippen LogP contribution in [0.1, 0.15) is 238 Å². The molecule has 0 atom stereocenters. The molecule has 4 rings (SSSR count). The molecule has 0 radical (unpaired) electrons. The third-order valence-corrected chi connectivity index (χ3v) is 7.95. The number of aromatic nitrogens is 7. The highest BCUT2D eigenvalue weighted by Crippen LogP contribution is 2.26. The van der Waals surface area contributed by atoms with E-state index in [0.29, 0.717) is 47.3 Å². The Morgan fingerprint density at radius 1 is 0.449 bits per heavy atom. The number of hydrogen-bond acceptors (Lipinski definition) is 11. The maximum atomic E-state index is 5.38. The first-order valence-corrected chi connectivity index (χ1v) is 17.1. The molecule has 0 aromatic carbocycles.